The molecule has 0 radical (unpaired) electrons. The van der Waals surface area contributed by atoms with Gasteiger partial charge in [-0.15, -0.1) is 0 Å². The van der Waals surface area contributed by atoms with Crippen molar-refractivity contribution in [2.45, 2.75) is 0 Å². The van der Waals surface area contributed by atoms with Gasteiger partial charge in [-0.25, -0.2) is 9.97 Å². The van der Waals surface area contributed by atoms with Gasteiger partial charge >= 0.3 is 0 Å². The quantitative estimate of drug-likeness (QED) is 0.120. The van der Waals surface area contributed by atoms with Gasteiger partial charge in [0.1, 0.15) is 11.1 Å². The number of hydrogen-bond acceptors (Lipinski definition) is 8. The number of nitrogens with one attached hydrogen (secondary N) is 2. The molecule has 2 N–H and O–H groups in total. The SMILES string of the molecule is O=C(Nc1ccc(-c2cc(-c3ccc(NC(=O)c4ccccc4[N+](=O)[O-])cc3)nc(-c3ccccc3)n2)cc1)c1ccccc1[N+](=O)[O-]. The third kappa shape index (κ3) is 6.77. The summed E-state index contributed by atoms with van der Waals surface area (Å²) in [4.78, 5) is 56.7. The molecule has 12 nitrogen and oxygen atoms in total. The van der Waals surface area contributed by atoms with E-state index in [1.807, 2.05) is 36.4 Å². The molecule has 6 rings (SSSR count). The molecule has 0 aliphatic carbocycles. The second-order valence-corrected chi connectivity index (χ2v) is 10.4. The molecule has 0 saturated carbocycles. The van der Waals surface area contributed by atoms with Crippen LogP contribution in [0.25, 0.3) is 33.9 Å². The maximum Gasteiger partial charge on any atom is 0.282 e. The Kier molecular flexibility index (Phi) is 8.70. The van der Waals surface area contributed by atoms with Gasteiger partial charge in [-0.2, -0.15) is 0 Å². The van der Waals surface area contributed by atoms with E-state index in [0.717, 1.165) is 16.7 Å². The Morgan fingerprint density at radius 2 is 0.896 bits per heavy atom. The van der Waals surface area contributed by atoms with E-state index in [4.69, 9.17) is 9.97 Å². The van der Waals surface area contributed by atoms with Crippen LogP contribution in [0, 0.1) is 20.2 Å². The van der Waals surface area contributed by atoms with Crippen molar-refractivity contribution in [3.8, 4) is 33.9 Å². The summed E-state index contributed by atoms with van der Waals surface area (Å²) in [6, 6.07) is 36.5. The van der Waals surface area contributed by atoms with Crippen molar-refractivity contribution in [1.29, 1.82) is 0 Å². The van der Waals surface area contributed by atoms with Crippen molar-refractivity contribution in [3.05, 3.63) is 165 Å². The smallest absolute Gasteiger partial charge is 0.282 e. The lowest BCUT2D eigenvalue weighted by Crippen LogP contribution is -2.13. The van der Waals surface area contributed by atoms with Gasteiger partial charge in [0, 0.05) is 40.2 Å². The first-order chi connectivity index (χ1) is 23.3. The Morgan fingerprint density at radius 3 is 1.31 bits per heavy atom. The number of carbonyl (C=O) groups is 2. The first-order valence-electron chi connectivity index (χ1n) is 14.5. The number of nitro groups is 2. The van der Waals surface area contributed by atoms with Crippen LogP contribution in [-0.2, 0) is 0 Å². The van der Waals surface area contributed by atoms with E-state index in [0.29, 0.717) is 28.6 Å². The zero-order chi connectivity index (χ0) is 33.6. The third-order valence-electron chi connectivity index (χ3n) is 7.33. The van der Waals surface area contributed by atoms with Gasteiger partial charge in [-0.05, 0) is 42.5 Å². The predicted octanol–water partition coefficient (Wildman–Crippen LogP) is 7.80. The van der Waals surface area contributed by atoms with Crippen LogP contribution in [0.5, 0.6) is 0 Å². The van der Waals surface area contributed by atoms with Crippen LogP contribution in [0.2, 0.25) is 0 Å². The number of nitrogens with zero attached hydrogens (tertiary/aromatic N) is 4. The maximum atomic E-state index is 12.8. The largest absolute Gasteiger partial charge is 0.322 e. The van der Waals surface area contributed by atoms with Crippen molar-refractivity contribution >= 4 is 34.6 Å². The molecule has 1 aromatic heterocycles. The van der Waals surface area contributed by atoms with Gasteiger partial charge in [0.2, 0.25) is 0 Å². The molecule has 234 valence electrons. The molecule has 48 heavy (non-hydrogen) atoms. The molecule has 0 atom stereocenters. The number of hydrogen-bond donors (Lipinski definition) is 2. The second-order valence-electron chi connectivity index (χ2n) is 10.4. The van der Waals surface area contributed by atoms with Crippen LogP contribution >= 0.6 is 0 Å². The normalized spacial score (nSPS) is 10.6. The molecule has 1 heterocycles. The fourth-order valence-corrected chi connectivity index (χ4v) is 4.95. The zero-order valence-corrected chi connectivity index (χ0v) is 24.9. The van der Waals surface area contributed by atoms with Crippen LogP contribution in [0.4, 0.5) is 22.7 Å². The van der Waals surface area contributed by atoms with Crippen LogP contribution < -0.4 is 10.6 Å². The third-order valence-corrected chi connectivity index (χ3v) is 7.33. The topological polar surface area (TPSA) is 170 Å². The number of aromatic nitrogens is 2. The van der Waals surface area contributed by atoms with Crippen molar-refractivity contribution in [2.75, 3.05) is 10.6 Å². The number of carbonyl (C=O) groups excluding carboxylic acids is 2. The lowest BCUT2D eigenvalue weighted by atomic mass is 10.1. The zero-order valence-electron chi connectivity index (χ0n) is 24.9. The van der Waals surface area contributed by atoms with Crippen molar-refractivity contribution < 1.29 is 19.4 Å². The summed E-state index contributed by atoms with van der Waals surface area (Å²) in [6.45, 7) is 0. The molecule has 0 fully saturated rings. The minimum Gasteiger partial charge on any atom is -0.322 e. The summed E-state index contributed by atoms with van der Waals surface area (Å²) < 4.78 is 0. The van der Waals surface area contributed by atoms with Crippen molar-refractivity contribution in [3.63, 3.8) is 0 Å². The van der Waals surface area contributed by atoms with Gasteiger partial charge < -0.3 is 10.6 Å². The summed E-state index contributed by atoms with van der Waals surface area (Å²) in [6.07, 6.45) is 0. The highest BCUT2D eigenvalue weighted by atomic mass is 16.6. The minimum absolute atomic E-state index is 0.0496. The van der Waals surface area contributed by atoms with Gasteiger partial charge in [0.25, 0.3) is 23.2 Å². The molecule has 6 aromatic rings. The summed E-state index contributed by atoms with van der Waals surface area (Å²) in [5.41, 5.74) is 3.67. The van der Waals surface area contributed by atoms with E-state index >= 15 is 0 Å². The Balaban J connectivity index is 1.27. The molecule has 5 aromatic carbocycles. The van der Waals surface area contributed by atoms with E-state index in [9.17, 15) is 29.8 Å². The second kappa shape index (κ2) is 13.5. The fraction of sp³-hybridized carbons (Fsp3) is 0. The molecule has 0 aliphatic rings. The van der Waals surface area contributed by atoms with Gasteiger partial charge in [0.05, 0.1) is 21.2 Å². The summed E-state index contributed by atoms with van der Waals surface area (Å²) in [5, 5.41) is 28.1. The van der Waals surface area contributed by atoms with E-state index in [-0.39, 0.29) is 22.5 Å². The Labute approximate surface area is 273 Å². The van der Waals surface area contributed by atoms with E-state index in [1.54, 1.807) is 60.7 Å². The standard InChI is InChI=1S/C36H24N6O6/c43-35(28-10-4-6-12-32(28)41(45)46)37-26-18-14-23(15-19-26)30-22-31(40-34(39-30)25-8-2-1-3-9-25)24-16-20-27(21-17-24)38-36(44)29-11-5-7-13-33(29)42(47)48/h1-22H,(H,37,43)(H,38,44). The average molecular weight is 637 g/mol. The van der Waals surface area contributed by atoms with Crippen LogP contribution in [0.15, 0.2) is 133 Å². The molecule has 2 amide bonds. The summed E-state index contributed by atoms with van der Waals surface area (Å²) in [7, 11) is 0. The number of benzene rings is 5. The van der Waals surface area contributed by atoms with Crippen molar-refractivity contribution in [2.24, 2.45) is 0 Å². The van der Waals surface area contributed by atoms with Gasteiger partial charge in [0.15, 0.2) is 5.82 Å². The number of nitro benzene ring substituents is 2. The molecule has 0 unspecified atom stereocenters. The monoisotopic (exact) mass is 636 g/mol. The number of para-hydroxylation sites is 2. The van der Waals surface area contributed by atoms with Gasteiger partial charge in [-0.3, -0.25) is 29.8 Å². The molecule has 0 bridgehead atoms. The Hall–Kier alpha value is -7.08. The van der Waals surface area contributed by atoms with E-state index in [2.05, 4.69) is 10.6 Å². The van der Waals surface area contributed by atoms with Crippen LogP contribution in [0.3, 0.4) is 0 Å². The first-order valence-corrected chi connectivity index (χ1v) is 14.5. The molecule has 0 saturated heterocycles. The predicted molar refractivity (Wildman–Crippen MR) is 180 cm³/mol. The van der Waals surface area contributed by atoms with Crippen LogP contribution in [-0.4, -0.2) is 31.6 Å². The summed E-state index contributed by atoms with van der Waals surface area (Å²) in [5.74, 6) is -0.731. The minimum atomic E-state index is -0.604. The van der Waals surface area contributed by atoms with E-state index in [1.165, 1.54) is 36.4 Å². The first kappa shape index (κ1) is 30.9. The van der Waals surface area contributed by atoms with Gasteiger partial charge in [-0.1, -0.05) is 78.9 Å². The molecule has 12 heteroatoms. The van der Waals surface area contributed by atoms with Crippen LogP contribution in [0.1, 0.15) is 20.7 Å². The Morgan fingerprint density at radius 1 is 0.500 bits per heavy atom. The molecule has 0 aliphatic heterocycles. The number of amides is 2. The van der Waals surface area contributed by atoms with E-state index < -0.39 is 21.7 Å². The lowest BCUT2D eigenvalue weighted by Gasteiger charge is -2.11. The molecular formula is C36H24N6O6. The average Bonchev–Trinajstić information content (AvgIpc) is 3.12. The molecular weight excluding hydrogens is 612 g/mol. The Bertz CT molecular complexity index is 2040. The number of anilines is 2. The highest BCUT2D eigenvalue weighted by Crippen LogP contribution is 2.30. The lowest BCUT2D eigenvalue weighted by molar-refractivity contribution is -0.385. The highest BCUT2D eigenvalue weighted by molar-refractivity contribution is 6.07. The summed E-state index contributed by atoms with van der Waals surface area (Å²) >= 11 is 0. The van der Waals surface area contributed by atoms with Crippen molar-refractivity contribution in [1.82, 2.24) is 9.97 Å². The highest BCUT2D eigenvalue weighted by Gasteiger charge is 2.21. The maximum absolute atomic E-state index is 12.8. The number of rotatable bonds is 9. The fourth-order valence-electron chi connectivity index (χ4n) is 4.95. The molecule has 0 spiro atoms.